The number of fused-ring (bicyclic) bond motifs is 1. The number of ether oxygens (including phenoxy) is 1. The van der Waals surface area contributed by atoms with Crippen LogP contribution in [0, 0.1) is 0 Å². The van der Waals surface area contributed by atoms with Gasteiger partial charge in [-0.05, 0) is 5.53 Å². The van der Waals surface area contributed by atoms with E-state index in [1.165, 1.54) is 10.9 Å². The lowest BCUT2D eigenvalue weighted by molar-refractivity contribution is -0.0503. The number of imidazole rings is 1. The molecule has 1 aliphatic heterocycles. The fraction of sp³-hybridized carbons (Fsp3) is 0.583. The molecule has 3 heterocycles. The average molecular weight is 580 g/mol. The standard InChI is InChI=1S/C10H14N5O8P.C2H7N4O3P.3H3N/c11-10-13-7-4(8(18)14-10)12-2-15(7)9-6(17)5(16)3(23-9)1-22-24(19,20)21;3-6-4-1-2-5-10(7,8)9;;;/h2-3,5-6,9,16-17H,1H2,(H2,19,20,21)(H3,11,13,14,18);1-2H2,(H3,5,7,8,9);3*1H3/t3-,5-,6-,9-;;;;/m1..../s1. The highest BCUT2D eigenvalue weighted by Crippen LogP contribution is 2.38. The second kappa shape index (κ2) is 15.0. The molecule has 0 radical (unpaired) electrons. The van der Waals surface area contributed by atoms with Crippen molar-refractivity contribution in [2.45, 2.75) is 24.5 Å². The molecular weight excluding hydrogens is 550 g/mol. The number of nitrogens with zero attached hydrogens (tertiary/aromatic N) is 6. The molecule has 0 aromatic carbocycles. The van der Waals surface area contributed by atoms with Crippen LogP contribution in [0.1, 0.15) is 6.23 Å². The number of hydrogen-bond acceptors (Lipinski definition) is 14. The van der Waals surface area contributed by atoms with E-state index in [0.717, 1.165) is 0 Å². The number of nitrogens with one attached hydrogen (secondary N) is 2. The first-order chi connectivity index (χ1) is 15.7. The van der Waals surface area contributed by atoms with Gasteiger partial charge in [-0.15, -0.1) is 0 Å². The number of aromatic amines is 1. The van der Waals surface area contributed by atoms with Crippen molar-refractivity contribution in [3.8, 4) is 0 Å². The second-order valence-corrected chi connectivity index (χ2v) is 9.16. The molecule has 1 saturated heterocycles. The smallest absolute Gasteiger partial charge is 0.387 e. The third-order valence-corrected chi connectivity index (χ3v) is 5.18. The van der Waals surface area contributed by atoms with Crippen molar-refractivity contribution in [1.29, 1.82) is 0 Å². The van der Waals surface area contributed by atoms with Crippen LogP contribution in [-0.4, -0.2) is 87.3 Å². The van der Waals surface area contributed by atoms with Crippen molar-refractivity contribution >= 4 is 32.7 Å². The summed E-state index contributed by atoms with van der Waals surface area (Å²) in [4.78, 5) is 57.9. The van der Waals surface area contributed by atoms with E-state index in [0.29, 0.717) is 0 Å². The normalized spacial score (nSPS) is 20.9. The van der Waals surface area contributed by atoms with Gasteiger partial charge in [0.05, 0.1) is 12.9 Å². The average Bonchev–Trinajstić information content (AvgIpc) is 3.25. The van der Waals surface area contributed by atoms with Gasteiger partial charge in [-0.25, -0.2) is 19.2 Å². The summed E-state index contributed by atoms with van der Waals surface area (Å²) >= 11 is 0. The summed E-state index contributed by atoms with van der Waals surface area (Å²) in [5, 5.41) is 25.0. The van der Waals surface area contributed by atoms with Crippen LogP contribution >= 0.6 is 15.6 Å². The molecule has 0 aliphatic carbocycles. The van der Waals surface area contributed by atoms with Crippen molar-refractivity contribution in [1.82, 2.24) is 43.1 Å². The van der Waals surface area contributed by atoms with Crippen LogP contribution in [0.25, 0.3) is 21.6 Å². The lowest BCUT2D eigenvalue weighted by Gasteiger charge is -2.16. The zero-order valence-electron chi connectivity index (χ0n) is 19.0. The minimum atomic E-state index is -4.76. The Morgan fingerprint density at radius 3 is 2.41 bits per heavy atom. The maximum atomic E-state index is 11.7. The molecule has 23 nitrogen and oxygen atoms in total. The quantitative estimate of drug-likeness (QED) is 0.0522. The van der Waals surface area contributed by atoms with Gasteiger partial charge in [0.25, 0.3) is 5.56 Å². The first-order valence-corrected chi connectivity index (χ1v) is 12.1. The molecule has 0 saturated carbocycles. The van der Waals surface area contributed by atoms with E-state index in [2.05, 4.69) is 29.5 Å². The first-order valence-electron chi connectivity index (χ1n) is 8.99. The van der Waals surface area contributed by atoms with Gasteiger partial charge in [-0.2, -0.15) is 4.98 Å². The van der Waals surface area contributed by atoms with Crippen LogP contribution in [0.3, 0.4) is 0 Å². The Hall–Kier alpha value is -2.56. The number of aromatic nitrogens is 4. The summed E-state index contributed by atoms with van der Waals surface area (Å²) in [5.41, 5.74) is 12.6. The van der Waals surface area contributed by atoms with Crippen LogP contribution in [0.15, 0.2) is 16.2 Å². The zero-order chi connectivity index (χ0) is 25.7. The molecule has 25 heteroatoms. The SMILES string of the molecule is N.N.N.Nc1nc2c(ncn2[C@@H]2O[C@H](COP(=O)(O)O)[C@@H](O)[C@H]2O)c(=O)[nH]1.[N-]=[N+]=NCCNP(=O)(O)O. The first kappa shape index (κ1) is 36.6. The molecule has 3 rings (SSSR count). The topological polar surface area (TPSA) is 429 Å². The molecule has 0 unspecified atom stereocenters. The molecule has 37 heavy (non-hydrogen) atoms. The van der Waals surface area contributed by atoms with Crippen molar-refractivity contribution < 1.29 is 48.2 Å². The number of nitrogens with two attached hydrogens (primary N) is 1. The molecule has 2 aromatic rings. The Bertz CT molecular complexity index is 1190. The number of anilines is 1. The molecule has 4 atom stereocenters. The highest BCUT2D eigenvalue weighted by Gasteiger charge is 2.45. The number of phosphoric acid groups is 1. The highest BCUT2D eigenvalue weighted by molar-refractivity contribution is 7.49. The number of aliphatic hydroxyl groups is 2. The summed E-state index contributed by atoms with van der Waals surface area (Å²) in [6.07, 6.45) is -4.22. The number of azide groups is 1. The van der Waals surface area contributed by atoms with Gasteiger partial charge < -0.3 is 58.7 Å². The van der Waals surface area contributed by atoms with Gasteiger partial charge in [0, 0.05) is 18.0 Å². The van der Waals surface area contributed by atoms with Crippen LogP contribution in [0.2, 0.25) is 0 Å². The summed E-state index contributed by atoms with van der Waals surface area (Å²) in [6, 6.07) is 0. The predicted octanol–water partition coefficient (Wildman–Crippen LogP) is -2.10. The number of aliphatic hydroxyl groups excluding tert-OH is 2. The van der Waals surface area contributed by atoms with Crippen LogP contribution < -0.4 is 34.8 Å². The fourth-order valence-electron chi connectivity index (χ4n) is 2.69. The van der Waals surface area contributed by atoms with Crippen molar-refractivity contribution in [3.63, 3.8) is 0 Å². The van der Waals surface area contributed by atoms with Gasteiger partial charge in [0.2, 0.25) is 5.95 Å². The maximum absolute atomic E-state index is 11.7. The molecule has 19 N–H and O–H groups in total. The van der Waals surface area contributed by atoms with Gasteiger partial charge in [-0.1, -0.05) is 5.11 Å². The Kier molecular flexibility index (Phi) is 14.8. The number of H-pyrrole nitrogens is 1. The molecule has 1 fully saturated rings. The van der Waals surface area contributed by atoms with Crippen molar-refractivity contribution in [3.05, 3.63) is 27.1 Å². The minimum absolute atomic E-state index is 0. The molecule has 0 amide bonds. The van der Waals surface area contributed by atoms with Crippen molar-refractivity contribution in [2.75, 3.05) is 25.4 Å². The monoisotopic (exact) mass is 580 g/mol. The molecule has 0 spiro atoms. The Balaban J connectivity index is 0. The summed E-state index contributed by atoms with van der Waals surface area (Å²) < 4.78 is 31.6. The van der Waals surface area contributed by atoms with E-state index in [1.54, 1.807) is 0 Å². The molecular formula is C12H30N12O11P2. The second-order valence-electron chi connectivity index (χ2n) is 6.51. The van der Waals surface area contributed by atoms with Gasteiger partial charge in [0.15, 0.2) is 17.4 Å². The Morgan fingerprint density at radius 2 is 1.86 bits per heavy atom. The maximum Gasteiger partial charge on any atom is 0.469 e. The van der Waals surface area contributed by atoms with Gasteiger partial charge in [-0.3, -0.25) is 18.9 Å². The van der Waals surface area contributed by atoms with Crippen LogP contribution in [0.5, 0.6) is 0 Å². The van der Waals surface area contributed by atoms with Gasteiger partial charge >= 0.3 is 15.6 Å². The lowest BCUT2D eigenvalue weighted by Crippen LogP contribution is -2.33. The van der Waals surface area contributed by atoms with Crippen molar-refractivity contribution in [2.24, 2.45) is 5.11 Å². The minimum Gasteiger partial charge on any atom is -0.387 e. The Morgan fingerprint density at radius 1 is 1.24 bits per heavy atom. The van der Waals surface area contributed by atoms with Crippen LogP contribution in [0.4, 0.5) is 5.95 Å². The van der Waals surface area contributed by atoms with E-state index in [4.69, 9.17) is 35.6 Å². The van der Waals surface area contributed by atoms with Crippen LogP contribution in [-0.2, 0) is 18.4 Å². The molecule has 2 aromatic heterocycles. The number of hydrogen-bond donors (Lipinski definition) is 12. The summed E-state index contributed by atoms with van der Waals surface area (Å²) in [6.45, 7) is -0.641. The Labute approximate surface area is 206 Å². The van der Waals surface area contributed by atoms with E-state index in [1.807, 2.05) is 5.09 Å². The number of rotatable bonds is 8. The van der Waals surface area contributed by atoms with E-state index < -0.39 is 52.3 Å². The van der Waals surface area contributed by atoms with Gasteiger partial charge in [0.1, 0.15) is 18.3 Å². The molecule has 0 bridgehead atoms. The summed E-state index contributed by atoms with van der Waals surface area (Å²) in [7, 11) is -8.90. The van der Waals surface area contributed by atoms with E-state index in [-0.39, 0.29) is 48.7 Å². The zero-order valence-corrected chi connectivity index (χ0v) is 20.8. The fourth-order valence-corrected chi connectivity index (χ4v) is 3.42. The lowest BCUT2D eigenvalue weighted by atomic mass is 10.1. The largest absolute Gasteiger partial charge is 0.469 e. The number of nitrogen functional groups attached to an aromatic ring is 1. The van der Waals surface area contributed by atoms with E-state index in [9.17, 15) is 24.1 Å². The highest BCUT2D eigenvalue weighted by atomic mass is 31.2. The predicted molar refractivity (Wildman–Crippen MR) is 126 cm³/mol. The van der Waals surface area contributed by atoms with E-state index >= 15 is 0 Å². The molecule has 214 valence electrons. The summed E-state index contributed by atoms with van der Waals surface area (Å²) in [5.74, 6) is -0.177. The third-order valence-electron chi connectivity index (χ3n) is 4.06. The number of phosphoric ester groups is 1. The third kappa shape index (κ3) is 10.8. The molecule has 1 aliphatic rings.